The van der Waals surface area contributed by atoms with Crippen LogP contribution in [0, 0.1) is 11.6 Å². The number of carboxylic acids is 1. The minimum atomic E-state index is -4.00. The highest BCUT2D eigenvalue weighted by atomic mass is 32.2. The molecule has 1 fully saturated rings. The normalized spacial score (nSPS) is 16.8. The van der Waals surface area contributed by atoms with Crippen LogP contribution in [0.2, 0.25) is 0 Å². The minimum absolute atomic E-state index is 0.000354. The molecule has 1 saturated heterocycles. The summed E-state index contributed by atoms with van der Waals surface area (Å²) in [5.41, 5.74) is -2.47. The highest BCUT2D eigenvalue weighted by Gasteiger charge is 2.38. The van der Waals surface area contributed by atoms with E-state index in [0.717, 1.165) is 17.2 Å². The molecule has 1 aliphatic rings. The molecule has 4 rings (SSSR count). The number of carboxylic acid groups (broad SMARTS) is 1. The van der Waals surface area contributed by atoms with Gasteiger partial charge in [-0.05, 0) is 25.1 Å². The third kappa shape index (κ3) is 3.76. The Morgan fingerprint density at radius 2 is 1.94 bits per heavy atom. The van der Waals surface area contributed by atoms with Gasteiger partial charge in [-0.2, -0.15) is 0 Å². The van der Waals surface area contributed by atoms with Crippen LogP contribution in [-0.4, -0.2) is 49.1 Å². The van der Waals surface area contributed by atoms with Crippen molar-refractivity contribution in [3.63, 3.8) is 0 Å². The Morgan fingerprint density at radius 3 is 2.58 bits per heavy atom. The third-order valence-corrected chi connectivity index (χ3v) is 7.78. The molecule has 0 spiro atoms. The molecule has 2 heterocycles. The summed E-state index contributed by atoms with van der Waals surface area (Å²) < 4.78 is 58.9. The second-order valence-corrected chi connectivity index (χ2v) is 9.70. The minimum Gasteiger partial charge on any atom is -0.477 e. The van der Waals surface area contributed by atoms with Gasteiger partial charge >= 0.3 is 5.97 Å². The van der Waals surface area contributed by atoms with Crippen LogP contribution in [0.5, 0.6) is 0 Å². The zero-order valence-corrected chi connectivity index (χ0v) is 18.4. The molecule has 8 nitrogen and oxygen atoms in total. The highest BCUT2D eigenvalue weighted by Crippen LogP contribution is 2.34. The van der Waals surface area contributed by atoms with Crippen molar-refractivity contribution in [1.29, 1.82) is 0 Å². The largest absolute Gasteiger partial charge is 0.477 e. The maximum Gasteiger partial charge on any atom is 0.341 e. The van der Waals surface area contributed by atoms with E-state index in [1.165, 1.54) is 16.7 Å². The van der Waals surface area contributed by atoms with Crippen LogP contribution in [0.1, 0.15) is 17.3 Å². The molecule has 1 unspecified atom stereocenters. The number of aryl methyl sites for hydroxylation is 1. The number of sulfone groups is 1. The van der Waals surface area contributed by atoms with Gasteiger partial charge in [0.1, 0.15) is 22.4 Å². The molecule has 2 aromatic carbocycles. The summed E-state index contributed by atoms with van der Waals surface area (Å²) in [6.45, 7) is 1.94. The van der Waals surface area contributed by atoms with E-state index in [1.807, 2.05) is 0 Å². The Hall–Kier alpha value is -3.31. The Bertz CT molecular complexity index is 1410. The fourth-order valence-corrected chi connectivity index (χ4v) is 5.85. The average molecular weight is 477 g/mol. The fourth-order valence-electron chi connectivity index (χ4n) is 4.12. The number of benzene rings is 2. The molecule has 1 aliphatic heterocycles. The number of hydrogen-bond donors (Lipinski definition) is 2. The maximum absolute atomic E-state index is 15.8. The molecule has 0 bridgehead atoms. The number of nitrogens with zero attached hydrogens (tertiary/aromatic N) is 2. The Labute approximate surface area is 188 Å². The first kappa shape index (κ1) is 22.9. The number of carbonyl (C=O) groups is 1. The molecule has 0 aliphatic carbocycles. The number of rotatable bonds is 5. The predicted molar refractivity (Wildman–Crippen MR) is 118 cm³/mol. The van der Waals surface area contributed by atoms with E-state index < -0.39 is 54.9 Å². The van der Waals surface area contributed by atoms with Gasteiger partial charge in [0.15, 0.2) is 5.82 Å². The predicted octanol–water partition coefficient (Wildman–Crippen LogP) is 2.21. The van der Waals surface area contributed by atoms with Crippen LogP contribution in [0.25, 0.3) is 10.9 Å². The van der Waals surface area contributed by atoms with E-state index in [9.17, 15) is 23.1 Å². The Kier molecular flexibility index (Phi) is 5.93. The van der Waals surface area contributed by atoms with E-state index in [2.05, 4.69) is 5.32 Å². The summed E-state index contributed by atoms with van der Waals surface area (Å²) in [7, 11) is -4.00. The van der Waals surface area contributed by atoms with Crippen molar-refractivity contribution in [2.75, 3.05) is 24.5 Å². The van der Waals surface area contributed by atoms with Gasteiger partial charge in [-0.1, -0.05) is 18.2 Å². The lowest BCUT2D eigenvalue weighted by Crippen LogP contribution is -2.55. The quantitative estimate of drug-likeness (QED) is 0.580. The molecule has 0 radical (unpaired) electrons. The zero-order valence-electron chi connectivity index (χ0n) is 17.6. The topological polar surface area (TPSA) is 109 Å². The summed E-state index contributed by atoms with van der Waals surface area (Å²) in [6.07, 6.45) is 1.01. The van der Waals surface area contributed by atoms with Gasteiger partial charge < -0.3 is 19.9 Å². The lowest BCUT2D eigenvalue weighted by Gasteiger charge is -2.37. The van der Waals surface area contributed by atoms with Crippen molar-refractivity contribution < 1.29 is 27.1 Å². The van der Waals surface area contributed by atoms with E-state index in [1.54, 1.807) is 25.1 Å². The molecular weight excluding hydrogens is 456 g/mol. The van der Waals surface area contributed by atoms with Crippen LogP contribution in [0.15, 0.2) is 52.3 Å². The second-order valence-electron chi connectivity index (χ2n) is 7.59. The molecule has 0 saturated carbocycles. The first-order valence-corrected chi connectivity index (χ1v) is 11.8. The van der Waals surface area contributed by atoms with Crippen molar-refractivity contribution in [3.05, 3.63) is 70.0 Å². The van der Waals surface area contributed by atoms with Gasteiger partial charge in [-0.25, -0.2) is 22.0 Å². The summed E-state index contributed by atoms with van der Waals surface area (Å²) in [5.74, 6) is -3.77. The number of hydrogen-bond acceptors (Lipinski definition) is 6. The van der Waals surface area contributed by atoms with Gasteiger partial charge in [0, 0.05) is 32.4 Å². The van der Waals surface area contributed by atoms with Crippen molar-refractivity contribution in [3.8, 4) is 0 Å². The molecule has 1 atom stereocenters. The molecule has 33 heavy (non-hydrogen) atoms. The standard InChI is InChI=1S/C22H21F2N3O5S/c1-2-26-12-15(22(29)30)21(28)14-10-16(23)20(18(24)19(14)26)27-9-8-25-11-17(27)33(31,32)13-6-4-3-5-7-13/h3-7,10,12,17,25H,2,8-9,11H2,1H3,(H,29,30). The van der Waals surface area contributed by atoms with Crippen LogP contribution in [-0.2, 0) is 16.4 Å². The molecule has 3 aromatic rings. The van der Waals surface area contributed by atoms with E-state index in [0.29, 0.717) is 0 Å². The van der Waals surface area contributed by atoms with Crippen LogP contribution < -0.4 is 15.6 Å². The molecule has 174 valence electrons. The van der Waals surface area contributed by atoms with Crippen molar-refractivity contribution >= 4 is 32.4 Å². The van der Waals surface area contributed by atoms with Gasteiger partial charge in [-0.3, -0.25) is 4.79 Å². The molecular formula is C22H21F2N3O5S. The number of anilines is 1. The Balaban J connectivity index is 1.96. The monoisotopic (exact) mass is 477 g/mol. The molecule has 1 aromatic heterocycles. The van der Waals surface area contributed by atoms with E-state index in [4.69, 9.17) is 0 Å². The zero-order chi connectivity index (χ0) is 23.9. The van der Waals surface area contributed by atoms with Crippen LogP contribution in [0.3, 0.4) is 0 Å². The second kappa shape index (κ2) is 8.56. The number of piperazine rings is 1. The van der Waals surface area contributed by atoms with Crippen molar-refractivity contribution in [2.24, 2.45) is 0 Å². The van der Waals surface area contributed by atoms with Crippen LogP contribution >= 0.6 is 0 Å². The number of aromatic nitrogens is 1. The average Bonchev–Trinajstić information content (AvgIpc) is 2.80. The molecule has 11 heteroatoms. The van der Waals surface area contributed by atoms with Gasteiger partial charge in [0.25, 0.3) is 0 Å². The number of pyridine rings is 1. The SMILES string of the molecule is CCn1cc(C(=O)O)c(=O)c2cc(F)c(N3CCNCC3S(=O)(=O)c3ccccc3)c(F)c21. The fraction of sp³-hybridized carbons (Fsp3) is 0.273. The van der Waals surface area contributed by atoms with E-state index >= 15 is 8.78 Å². The van der Waals surface area contributed by atoms with Gasteiger partial charge in [-0.15, -0.1) is 0 Å². The summed E-state index contributed by atoms with van der Waals surface area (Å²) in [5, 5.41) is 10.5. The smallest absolute Gasteiger partial charge is 0.341 e. The van der Waals surface area contributed by atoms with Gasteiger partial charge in [0.2, 0.25) is 15.3 Å². The first-order chi connectivity index (χ1) is 15.7. The third-order valence-electron chi connectivity index (χ3n) is 5.71. The molecule has 2 N–H and O–H groups in total. The highest BCUT2D eigenvalue weighted by molar-refractivity contribution is 7.92. The number of nitrogens with one attached hydrogen (secondary N) is 1. The molecule has 0 amide bonds. The van der Waals surface area contributed by atoms with E-state index in [-0.39, 0.29) is 36.6 Å². The van der Waals surface area contributed by atoms with Gasteiger partial charge in [0.05, 0.1) is 15.8 Å². The summed E-state index contributed by atoms with van der Waals surface area (Å²) in [6, 6.07) is 8.39. The van der Waals surface area contributed by atoms with Crippen molar-refractivity contribution in [1.82, 2.24) is 9.88 Å². The maximum atomic E-state index is 15.8. The lowest BCUT2D eigenvalue weighted by molar-refractivity contribution is 0.0694. The number of fused-ring (bicyclic) bond motifs is 1. The van der Waals surface area contributed by atoms with Crippen molar-refractivity contribution in [2.45, 2.75) is 23.7 Å². The lowest BCUT2D eigenvalue weighted by atomic mass is 10.1. The first-order valence-electron chi connectivity index (χ1n) is 10.2. The van der Waals surface area contributed by atoms with Crippen LogP contribution in [0.4, 0.5) is 14.5 Å². The Morgan fingerprint density at radius 1 is 1.24 bits per heavy atom. The summed E-state index contributed by atoms with van der Waals surface area (Å²) in [4.78, 5) is 25.2. The summed E-state index contributed by atoms with van der Waals surface area (Å²) >= 11 is 0. The number of halogens is 2. The number of aromatic carboxylic acids is 1.